The van der Waals surface area contributed by atoms with Crippen molar-refractivity contribution in [3.05, 3.63) is 156 Å². The first-order chi connectivity index (χ1) is 22.7. The van der Waals surface area contributed by atoms with Gasteiger partial charge in [-0.25, -0.2) is 0 Å². The molecule has 0 aliphatic carbocycles. The van der Waals surface area contributed by atoms with Gasteiger partial charge in [0.15, 0.2) is 11.5 Å². The molecule has 4 heterocycles. The van der Waals surface area contributed by atoms with Crippen molar-refractivity contribution in [2.75, 3.05) is 7.05 Å². The molecular weight excluding hydrogens is 570 g/mol. The summed E-state index contributed by atoms with van der Waals surface area (Å²) in [6, 6.07) is 45.3. The zero-order chi connectivity index (χ0) is 31.3. The highest BCUT2D eigenvalue weighted by Gasteiger charge is 2.16. The van der Waals surface area contributed by atoms with Crippen LogP contribution < -0.4 is 5.32 Å². The number of rotatable bonds is 8. The normalized spacial score (nSPS) is 11.2. The number of fused-ring (bicyclic) bond motifs is 2. The Bertz CT molecular complexity index is 2190. The fraction of sp³-hybridized carbons (Fsp3) is 0.128. The minimum Gasteiger partial charge on any atom is -0.460 e. The van der Waals surface area contributed by atoms with E-state index < -0.39 is 0 Å². The van der Waals surface area contributed by atoms with Crippen molar-refractivity contribution >= 4 is 21.8 Å². The Morgan fingerprint density at radius 2 is 1.02 bits per heavy atom. The molecule has 4 aromatic carbocycles. The first kappa shape index (κ1) is 29.1. The molecule has 8 aromatic rings. The van der Waals surface area contributed by atoms with Gasteiger partial charge in [-0.1, -0.05) is 97.1 Å². The van der Waals surface area contributed by atoms with Gasteiger partial charge in [0.1, 0.15) is 22.9 Å². The molecular formula is C39H35N5O2. The molecule has 0 aliphatic rings. The van der Waals surface area contributed by atoms with Crippen LogP contribution in [0.5, 0.6) is 0 Å². The largest absolute Gasteiger partial charge is 0.460 e. The van der Waals surface area contributed by atoms with Crippen LogP contribution in [0, 0.1) is 6.92 Å². The molecule has 0 atom stereocenters. The van der Waals surface area contributed by atoms with Crippen molar-refractivity contribution in [1.82, 2.24) is 24.9 Å². The van der Waals surface area contributed by atoms with Gasteiger partial charge >= 0.3 is 0 Å². The van der Waals surface area contributed by atoms with Crippen LogP contribution in [-0.4, -0.2) is 26.6 Å². The number of nitrogens with one attached hydrogen (secondary N) is 1. The maximum atomic E-state index is 5.94. The average Bonchev–Trinajstić information content (AvgIpc) is 3.89. The molecule has 0 saturated heterocycles. The number of aryl methyl sites for hydroxylation is 1. The zero-order valence-electron chi connectivity index (χ0n) is 25.9. The summed E-state index contributed by atoms with van der Waals surface area (Å²) in [5.74, 6) is 3.44. The standard InChI is InChI=1S/C20H19N3O.C19H16N2O/c1-21-13-16-11-12-19(24-16)20-17-9-5-6-10-18(17)23(22-20)14-15-7-3-2-4-8-15;1-14-11-12-18(22-14)19-16-9-5-6-10-17(16)21(20-19)13-15-7-3-2-4-8-15/h2-12,21H,13-14H2,1H3;2-12H,13H2,1H3. The van der Waals surface area contributed by atoms with Gasteiger partial charge < -0.3 is 14.2 Å². The predicted octanol–water partition coefficient (Wildman–Crippen LogP) is 8.72. The summed E-state index contributed by atoms with van der Waals surface area (Å²) >= 11 is 0. The quantitative estimate of drug-likeness (QED) is 0.188. The predicted molar refractivity (Wildman–Crippen MR) is 183 cm³/mol. The number of nitrogens with zero attached hydrogens (tertiary/aromatic N) is 4. The maximum Gasteiger partial charge on any atom is 0.155 e. The van der Waals surface area contributed by atoms with Gasteiger partial charge in [-0.2, -0.15) is 10.2 Å². The summed E-state index contributed by atoms with van der Waals surface area (Å²) in [6.07, 6.45) is 0. The highest BCUT2D eigenvalue weighted by atomic mass is 16.3. The Balaban J connectivity index is 0.000000147. The molecule has 7 heteroatoms. The number of aromatic nitrogens is 4. The summed E-state index contributed by atoms with van der Waals surface area (Å²) in [5.41, 5.74) is 6.49. The van der Waals surface area contributed by atoms with Crippen LogP contribution in [-0.2, 0) is 19.6 Å². The molecule has 0 unspecified atom stereocenters. The first-order valence-corrected chi connectivity index (χ1v) is 15.5. The molecule has 228 valence electrons. The monoisotopic (exact) mass is 605 g/mol. The molecule has 1 N–H and O–H groups in total. The molecule has 0 radical (unpaired) electrons. The van der Waals surface area contributed by atoms with Crippen LogP contribution in [0.25, 0.3) is 44.7 Å². The molecule has 0 saturated carbocycles. The van der Waals surface area contributed by atoms with E-state index in [-0.39, 0.29) is 0 Å². The first-order valence-electron chi connectivity index (χ1n) is 15.5. The van der Waals surface area contributed by atoms with Gasteiger partial charge in [0.05, 0.1) is 30.7 Å². The molecule has 46 heavy (non-hydrogen) atoms. The Kier molecular flexibility index (Phi) is 8.30. The molecule has 4 aromatic heterocycles. The fourth-order valence-corrected chi connectivity index (χ4v) is 5.71. The van der Waals surface area contributed by atoms with Crippen LogP contribution in [0.2, 0.25) is 0 Å². The van der Waals surface area contributed by atoms with Crippen molar-refractivity contribution in [1.29, 1.82) is 0 Å². The fourth-order valence-electron chi connectivity index (χ4n) is 5.71. The van der Waals surface area contributed by atoms with Crippen molar-refractivity contribution in [3.63, 3.8) is 0 Å². The summed E-state index contributed by atoms with van der Waals surface area (Å²) in [7, 11) is 1.91. The highest BCUT2D eigenvalue weighted by Crippen LogP contribution is 2.31. The molecule has 0 bridgehead atoms. The third-order valence-electron chi connectivity index (χ3n) is 7.89. The summed E-state index contributed by atoms with van der Waals surface area (Å²) in [5, 5.41) is 15.0. The van der Waals surface area contributed by atoms with Crippen LogP contribution >= 0.6 is 0 Å². The lowest BCUT2D eigenvalue weighted by Gasteiger charge is -2.03. The molecule has 8 rings (SSSR count). The van der Waals surface area contributed by atoms with E-state index >= 15 is 0 Å². The lowest BCUT2D eigenvalue weighted by molar-refractivity contribution is 0.505. The molecule has 7 nitrogen and oxygen atoms in total. The molecule has 0 amide bonds. The summed E-state index contributed by atoms with van der Waals surface area (Å²) < 4.78 is 15.8. The highest BCUT2D eigenvalue weighted by molar-refractivity contribution is 5.93. The van der Waals surface area contributed by atoms with Gasteiger partial charge in [-0.05, 0) is 61.5 Å². The van der Waals surface area contributed by atoms with E-state index in [2.05, 4.69) is 78.1 Å². The van der Waals surface area contributed by atoms with E-state index in [0.717, 1.165) is 69.3 Å². The third-order valence-corrected chi connectivity index (χ3v) is 7.89. The average molecular weight is 606 g/mol. The minimum atomic E-state index is 0.711. The Hall–Kier alpha value is -5.66. The van der Waals surface area contributed by atoms with E-state index in [0.29, 0.717) is 6.54 Å². The second kappa shape index (κ2) is 13.1. The van der Waals surface area contributed by atoms with Crippen LogP contribution in [0.15, 0.2) is 142 Å². The summed E-state index contributed by atoms with van der Waals surface area (Å²) in [4.78, 5) is 0. The molecule has 0 spiro atoms. The number of hydrogen-bond acceptors (Lipinski definition) is 5. The Labute approximate surface area is 267 Å². The zero-order valence-corrected chi connectivity index (χ0v) is 25.9. The van der Waals surface area contributed by atoms with Crippen LogP contribution in [0.4, 0.5) is 0 Å². The van der Waals surface area contributed by atoms with Crippen LogP contribution in [0.3, 0.4) is 0 Å². The van der Waals surface area contributed by atoms with Gasteiger partial charge in [-0.3, -0.25) is 9.36 Å². The lowest BCUT2D eigenvalue weighted by Crippen LogP contribution is -2.03. The van der Waals surface area contributed by atoms with Gasteiger partial charge in [0.25, 0.3) is 0 Å². The minimum absolute atomic E-state index is 0.711. The van der Waals surface area contributed by atoms with Crippen molar-refractivity contribution < 1.29 is 8.83 Å². The van der Waals surface area contributed by atoms with Crippen molar-refractivity contribution in [2.24, 2.45) is 0 Å². The third kappa shape index (κ3) is 6.14. The van der Waals surface area contributed by atoms with Gasteiger partial charge in [-0.15, -0.1) is 0 Å². The maximum absolute atomic E-state index is 5.94. The van der Waals surface area contributed by atoms with E-state index in [1.54, 1.807) is 0 Å². The second-order valence-electron chi connectivity index (χ2n) is 11.2. The van der Waals surface area contributed by atoms with E-state index in [1.807, 2.05) is 84.0 Å². The SMILES string of the molecule is CNCc1ccc(-c2nn(Cc3ccccc3)c3ccccc23)o1.Cc1ccc(-c2nn(Cc3ccccc3)c3ccccc23)o1. The Morgan fingerprint density at radius 1 is 0.543 bits per heavy atom. The van der Waals surface area contributed by atoms with E-state index in [1.165, 1.54) is 11.1 Å². The van der Waals surface area contributed by atoms with Gasteiger partial charge in [0, 0.05) is 10.8 Å². The topological polar surface area (TPSA) is 74.0 Å². The number of benzene rings is 4. The van der Waals surface area contributed by atoms with E-state index in [9.17, 15) is 0 Å². The van der Waals surface area contributed by atoms with E-state index in [4.69, 9.17) is 19.0 Å². The van der Waals surface area contributed by atoms with Crippen molar-refractivity contribution in [2.45, 2.75) is 26.6 Å². The molecule has 0 aliphatic heterocycles. The summed E-state index contributed by atoms with van der Waals surface area (Å²) in [6.45, 7) is 4.15. The molecule has 0 fully saturated rings. The van der Waals surface area contributed by atoms with Crippen molar-refractivity contribution in [3.8, 4) is 22.9 Å². The smallest absolute Gasteiger partial charge is 0.155 e. The van der Waals surface area contributed by atoms with Gasteiger partial charge in [0.2, 0.25) is 0 Å². The van der Waals surface area contributed by atoms with Crippen LogP contribution in [0.1, 0.15) is 22.6 Å². The number of hydrogen-bond donors (Lipinski definition) is 1. The second-order valence-corrected chi connectivity index (χ2v) is 11.2. The lowest BCUT2D eigenvalue weighted by atomic mass is 10.2. The Morgan fingerprint density at radius 3 is 1.52 bits per heavy atom. The number of furan rings is 2. The number of para-hydroxylation sites is 2.